The smallest absolute Gasteiger partial charge is 0.137 e. The summed E-state index contributed by atoms with van der Waals surface area (Å²) in [6, 6.07) is 9.27. The molecule has 2 atom stereocenters. The van der Waals surface area contributed by atoms with Gasteiger partial charge in [-0.25, -0.2) is 4.39 Å². The number of likely N-dealkylation sites (N-methyl/N-ethyl adjacent to an activating group) is 1. The number of hydrogen-bond acceptors (Lipinski definition) is 2. The molecule has 2 unspecified atom stereocenters. The highest BCUT2D eigenvalue weighted by Gasteiger charge is 2.19. The maximum atomic E-state index is 13.3. The average Bonchev–Trinajstić information content (AvgIpc) is 2.44. The van der Waals surface area contributed by atoms with Gasteiger partial charge in [0.1, 0.15) is 5.82 Å². The van der Waals surface area contributed by atoms with Gasteiger partial charge in [-0.1, -0.05) is 13.0 Å². The standard InChI is InChI=1S/C15H16BrFN2/c1-10(11-5-7-19-8-6-11)15(18-2)12-3-4-14(17)13(16)9-12/h3-10,15,18H,1-2H3. The lowest BCUT2D eigenvalue weighted by Crippen LogP contribution is -2.22. The van der Waals surface area contributed by atoms with Crippen molar-refractivity contribution in [3.63, 3.8) is 0 Å². The highest BCUT2D eigenvalue weighted by molar-refractivity contribution is 9.10. The van der Waals surface area contributed by atoms with Crippen molar-refractivity contribution in [1.82, 2.24) is 10.3 Å². The van der Waals surface area contributed by atoms with Crippen LogP contribution in [0.25, 0.3) is 0 Å². The maximum absolute atomic E-state index is 13.3. The quantitative estimate of drug-likeness (QED) is 0.918. The topological polar surface area (TPSA) is 24.9 Å². The summed E-state index contributed by atoms with van der Waals surface area (Å²) in [5.74, 6) is 0.0283. The highest BCUT2D eigenvalue weighted by Crippen LogP contribution is 2.31. The van der Waals surface area contributed by atoms with E-state index in [0.717, 1.165) is 5.56 Å². The van der Waals surface area contributed by atoms with Crippen LogP contribution in [0.3, 0.4) is 0 Å². The summed E-state index contributed by atoms with van der Waals surface area (Å²) in [5, 5.41) is 3.30. The Balaban J connectivity index is 2.31. The van der Waals surface area contributed by atoms with Crippen molar-refractivity contribution in [2.45, 2.75) is 18.9 Å². The van der Waals surface area contributed by atoms with Crippen LogP contribution in [0.1, 0.15) is 30.0 Å². The Bertz CT molecular complexity index is 545. The average molecular weight is 323 g/mol. The van der Waals surface area contributed by atoms with Crippen LogP contribution in [0.2, 0.25) is 0 Å². The summed E-state index contributed by atoms with van der Waals surface area (Å²) >= 11 is 3.24. The Kier molecular flexibility index (Phi) is 4.66. The van der Waals surface area contributed by atoms with Crippen LogP contribution in [0.5, 0.6) is 0 Å². The molecule has 0 bridgehead atoms. The van der Waals surface area contributed by atoms with Gasteiger partial charge in [-0.3, -0.25) is 4.98 Å². The molecule has 0 aliphatic heterocycles. The highest BCUT2D eigenvalue weighted by atomic mass is 79.9. The molecule has 100 valence electrons. The van der Waals surface area contributed by atoms with Crippen molar-refractivity contribution in [2.24, 2.45) is 0 Å². The van der Waals surface area contributed by atoms with E-state index >= 15 is 0 Å². The molecule has 2 nitrogen and oxygen atoms in total. The number of benzene rings is 1. The summed E-state index contributed by atoms with van der Waals surface area (Å²) in [7, 11) is 1.92. The maximum Gasteiger partial charge on any atom is 0.137 e. The van der Waals surface area contributed by atoms with Gasteiger partial charge >= 0.3 is 0 Å². The molecule has 2 aromatic rings. The molecule has 1 aromatic heterocycles. The SMILES string of the molecule is CNC(c1ccc(F)c(Br)c1)C(C)c1ccncc1. The van der Waals surface area contributed by atoms with Crippen LogP contribution in [-0.4, -0.2) is 12.0 Å². The van der Waals surface area contributed by atoms with Crippen molar-refractivity contribution in [2.75, 3.05) is 7.05 Å². The van der Waals surface area contributed by atoms with Crippen LogP contribution >= 0.6 is 15.9 Å². The largest absolute Gasteiger partial charge is 0.312 e. The summed E-state index contributed by atoms with van der Waals surface area (Å²) in [6.07, 6.45) is 3.58. The zero-order valence-corrected chi connectivity index (χ0v) is 12.5. The number of nitrogens with zero attached hydrogens (tertiary/aromatic N) is 1. The van der Waals surface area contributed by atoms with E-state index in [4.69, 9.17) is 0 Å². The number of pyridine rings is 1. The molecule has 0 saturated heterocycles. The van der Waals surface area contributed by atoms with Gasteiger partial charge in [0.05, 0.1) is 4.47 Å². The lowest BCUT2D eigenvalue weighted by atomic mass is 9.89. The summed E-state index contributed by atoms with van der Waals surface area (Å²) in [4.78, 5) is 4.03. The second-order valence-electron chi connectivity index (χ2n) is 4.51. The monoisotopic (exact) mass is 322 g/mol. The van der Waals surface area contributed by atoms with Gasteiger partial charge in [0.2, 0.25) is 0 Å². The number of rotatable bonds is 4. The predicted molar refractivity (Wildman–Crippen MR) is 78.6 cm³/mol. The van der Waals surface area contributed by atoms with E-state index in [1.54, 1.807) is 12.4 Å². The van der Waals surface area contributed by atoms with Gasteiger partial charge in [-0.15, -0.1) is 0 Å². The Hall–Kier alpha value is -1.26. The molecule has 0 spiro atoms. The molecular formula is C15H16BrFN2. The van der Waals surface area contributed by atoms with E-state index in [2.05, 4.69) is 33.2 Å². The molecule has 0 radical (unpaired) electrons. The lowest BCUT2D eigenvalue weighted by Gasteiger charge is -2.24. The minimum Gasteiger partial charge on any atom is -0.312 e. The van der Waals surface area contributed by atoms with E-state index < -0.39 is 0 Å². The third kappa shape index (κ3) is 3.19. The molecule has 4 heteroatoms. The number of nitrogens with one attached hydrogen (secondary N) is 1. The van der Waals surface area contributed by atoms with Crippen molar-refractivity contribution < 1.29 is 4.39 Å². The van der Waals surface area contributed by atoms with Crippen molar-refractivity contribution >= 4 is 15.9 Å². The molecule has 19 heavy (non-hydrogen) atoms. The van der Waals surface area contributed by atoms with Crippen LogP contribution in [0.15, 0.2) is 47.2 Å². The number of aromatic nitrogens is 1. The fourth-order valence-electron chi connectivity index (χ4n) is 2.27. The zero-order chi connectivity index (χ0) is 13.8. The third-order valence-electron chi connectivity index (χ3n) is 3.35. The molecule has 1 heterocycles. The van der Waals surface area contributed by atoms with Gasteiger partial charge in [-0.2, -0.15) is 0 Å². The lowest BCUT2D eigenvalue weighted by molar-refractivity contribution is 0.505. The first kappa shape index (κ1) is 14.2. The first-order chi connectivity index (χ1) is 9.13. The molecule has 0 fully saturated rings. The fourth-order valence-corrected chi connectivity index (χ4v) is 2.67. The summed E-state index contributed by atoms with van der Waals surface area (Å²) < 4.78 is 13.8. The molecule has 0 saturated carbocycles. The zero-order valence-electron chi connectivity index (χ0n) is 10.9. The Morgan fingerprint density at radius 2 is 1.84 bits per heavy atom. The van der Waals surface area contributed by atoms with Gasteiger partial charge < -0.3 is 5.32 Å². The Morgan fingerprint density at radius 1 is 1.16 bits per heavy atom. The van der Waals surface area contributed by atoms with Crippen LogP contribution in [0.4, 0.5) is 4.39 Å². The minimum atomic E-state index is -0.241. The molecule has 1 aromatic carbocycles. The van der Waals surface area contributed by atoms with Gasteiger partial charge in [0.25, 0.3) is 0 Å². The second-order valence-corrected chi connectivity index (χ2v) is 5.36. The van der Waals surface area contributed by atoms with Crippen LogP contribution in [0, 0.1) is 5.82 Å². The minimum absolute atomic E-state index is 0.124. The van der Waals surface area contributed by atoms with Crippen LogP contribution < -0.4 is 5.32 Å². The van der Waals surface area contributed by atoms with E-state index in [9.17, 15) is 4.39 Å². The first-order valence-corrected chi connectivity index (χ1v) is 6.95. The molecular weight excluding hydrogens is 307 g/mol. The van der Waals surface area contributed by atoms with E-state index in [-0.39, 0.29) is 17.8 Å². The molecule has 0 aliphatic rings. The number of hydrogen-bond donors (Lipinski definition) is 1. The molecule has 0 amide bonds. The van der Waals surface area contributed by atoms with E-state index in [0.29, 0.717) is 4.47 Å². The molecule has 0 aliphatic carbocycles. The van der Waals surface area contributed by atoms with Crippen molar-refractivity contribution in [3.05, 3.63) is 64.1 Å². The van der Waals surface area contributed by atoms with Gasteiger partial charge in [0.15, 0.2) is 0 Å². The summed E-state index contributed by atoms with van der Waals surface area (Å²) in [5.41, 5.74) is 2.26. The molecule has 2 rings (SSSR count). The Morgan fingerprint density at radius 3 is 2.42 bits per heavy atom. The van der Waals surface area contributed by atoms with Crippen molar-refractivity contribution in [3.8, 4) is 0 Å². The third-order valence-corrected chi connectivity index (χ3v) is 3.95. The van der Waals surface area contributed by atoms with Gasteiger partial charge in [-0.05, 0) is 58.4 Å². The van der Waals surface area contributed by atoms with E-state index in [1.165, 1.54) is 11.6 Å². The van der Waals surface area contributed by atoms with Crippen molar-refractivity contribution in [1.29, 1.82) is 0 Å². The van der Waals surface area contributed by atoms with E-state index in [1.807, 2.05) is 31.3 Å². The summed E-state index contributed by atoms with van der Waals surface area (Å²) in [6.45, 7) is 2.15. The fraction of sp³-hybridized carbons (Fsp3) is 0.267. The normalized spacial score (nSPS) is 14.1. The predicted octanol–water partition coefficient (Wildman–Crippen LogP) is 4.05. The van der Waals surface area contributed by atoms with Gasteiger partial charge in [0, 0.05) is 24.4 Å². The van der Waals surface area contributed by atoms with Crippen LogP contribution in [-0.2, 0) is 0 Å². The Labute approximate surface area is 121 Å². The number of halogens is 2. The first-order valence-electron chi connectivity index (χ1n) is 6.15. The second kappa shape index (κ2) is 6.26. The molecule has 1 N–H and O–H groups in total.